The molecule has 12 heavy (non-hydrogen) atoms. The van der Waals surface area contributed by atoms with Gasteiger partial charge in [-0.15, -0.1) is 0 Å². The van der Waals surface area contributed by atoms with Gasteiger partial charge >= 0.3 is 0 Å². The molecule has 0 amide bonds. The molecule has 1 unspecified atom stereocenters. The summed E-state index contributed by atoms with van der Waals surface area (Å²) in [6.45, 7) is 6.37. The molecule has 0 fully saturated rings. The van der Waals surface area contributed by atoms with Gasteiger partial charge in [0.2, 0.25) is 0 Å². The van der Waals surface area contributed by atoms with E-state index >= 15 is 0 Å². The van der Waals surface area contributed by atoms with Gasteiger partial charge < -0.3 is 0 Å². The van der Waals surface area contributed by atoms with Gasteiger partial charge in [-0.3, -0.25) is 0 Å². The van der Waals surface area contributed by atoms with Crippen molar-refractivity contribution in [2.24, 2.45) is 0 Å². The standard InChI is InChI=1S/C9H13NOS/c1-4-5-6-9-8(2)7-10(3)12(9)11/h4-6H,1,7H2,2-3H3/b6-5-. The molecule has 0 spiro atoms. The predicted molar refractivity (Wildman–Crippen MR) is 52.8 cm³/mol. The monoisotopic (exact) mass is 183 g/mol. The first-order valence-corrected chi connectivity index (χ1v) is 4.89. The van der Waals surface area contributed by atoms with Crippen LogP contribution in [0.1, 0.15) is 6.92 Å². The molecule has 3 heteroatoms. The highest BCUT2D eigenvalue weighted by molar-refractivity contribution is 7.87. The maximum atomic E-state index is 11.5. The second kappa shape index (κ2) is 3.83. The largest absolute Gasteiger partial charge is 0.237 e. The minimum atomic E-state index is -0.959. The van der Waals surface area contributed by atoms with Gasteiger partial charge in [-0.2, -0.15) is 0 Å². The smallest absolute Gasteiger partial charge is 0.127 e. The average molecular weight is 183 g/mol. The Morgan fingerprint density at radius 2 is 2.33 bits per heavy atom. The van der Waals surface area contributed by atoms with Gasteiger partial charge in [0.05, 0.1) is 4.91 Å². The lowest BCUT2D eigenvalue weighted by Gasteiger charge is -2.04. The van der Waals surface area contributed by atoms with Crippen LogP contribution in [0.2, 0.25) is 0 Å². The third-order valence-corrected chi connectivity index (χ3v) is 3.29. The van der Waals surface area contributed by atoms with E-state index in [-0.39, 0.29) is 0 Å². The van der Waals surface area contributed by atoms with Crippen molar-refractivity contribution < 1.29 is 4.21 Å². The van der Waals surface area contributed by atoms with Crippen molar-refractivity contribution in [3.8, 4) is 0 Å². The summed E-state index contributed by atoms with van der Waals surface area (Å²) in [7, 11) is 0.897. The van der Waals surface area contributed by atoms with E-state index in [4.69, 9.17) is 0 Å². The van der Waals surface area contributed by atoms with Gasteiger partial charge in [-0.25, -0.2) is 8.51 Å². The molecule has 0 aromatic heterocycles. The zero-order valence-corrected chi connectivity index (χ0v) is 8.23. The highest BCUT2D eigenvalue weighted by Crippen LogP contribution is 2.21. The van der Waals surface area contributed by atoms with Gasteiger partial charge in [0, 0.05) is 13.6 Å². The number of nitrogens with zero attached hydrogens (tertiary/aromatic N) is 1. The van der Waals surface area contributed by atoms with Gasteiger partial charge in [-0.05, 0) is 18.6 Å². The fourth-order valence-electron chi connectivity index (χ4n) is 1.14. The van der Waals surface area contributed by atoms with E-state index in [0.717, 1.165) is 11.4 Å². The first-order valence-electron chi connectivity index (χ1n) is 3.78. The molecule has 1 heterocycles. The SMILES string of the molecule is C=C/C=C\C1=C(C)CN(C)S1=O. The summed E-state index contributed by atoms with van der Waals surface area (Å²) in [6, 6.07) is 0. The van der Waals surface area contributed by atoms with Crippen LogP contribution in [0.4, 0.5) is 0 Å². The van der Waals surface area contributed by atoms with Crippen LogP contribution in [0, 0.1) is 0 Å². The minimum Gasteiger partial charge on any atom is -0.237 e. The Morgan fingerprint density at radius 3 is 2.75 bits per heavy atom. The van der Waals surface area contributed by atoms with Crippen LogP contribution in [0.3, 0.4) is 0 Å². The quantitative estimate of drug-likeness (QED) is 0.596. The van der Waals surface area contributed by atoms with Crippen molar-refractivity contribution >= 4 is 11.0 Å². The van der Waals surface area contributed by atoms with E-state index in [1.807, 2.05) is 30.4 Å². The van der Waals surface area contributed by atoms with Crippen molar-refractivity contribution in [3.63, 3.8) is 0 Å². The van der Waals surface area contributed by atoms with Crippen LogP contribution in [0.15, 0.2) is 35.3 Å². The lowest BCUT2D eigenvalue weighted by atomic mass is 10.2. The Balaban J connectivity index is 2.88. The van der Waals surface area contributed by atoms with Crippen molar-refractivity contribution in [3.05, 3.63) is 35.3 Å². The molecular weight excluding hydrogens is 170 g/mol. The van der Waals surface area contributed by atoms with E-state index < -0.39 is 11.0 Å². The molecule has 0 saturated heterocycles. The number of hydrogen-bond acceptors (Lipinski definition) is 1. The van der Waals surface area contributed by atoms with Crippen LogP contribution in [-0.4, -0.2) is 22.1 Å². The Bertz CT molecular complexity index is 278. The van der Waals surface area contributed by atoms with Gasteiger partial charge in [0.15, 0.2) is 0 Å². The second-order valence-electron chi connectivity index (χ2n) is 2.77. The molecule has 0 saturated carbocycles. The number of likely N-dealkylation sites (N-methyl/N-ethyl adjacent to an activating group) is 1. The molecule has 66 valence electrons. The highest BCUT2D eigenvalue weighted by atomic mass is 32.2. The van der Waals surface area contributed by atoms with Gasteiger partial charge in [0.1, 0.15) is 11.0 Å². The zero-order chi connectivity index (χ0) is 9.14. The first kappa shape index (κ1) is 9.42. The van der Waals surface area contributed by atoms with E-state index in [0.29, 0.717) is 0 Å². The topological polar surface area (TPSA) is 20.3 Å². The maximum Gasteiger partial charge on any atom is 0.127 e. The highest BCUT2D eigenvalue weighted by Gasteiger charge is 2.21. The van der Waals surface area contributed by atoms with Crippen LogP contribution < -0.4 is 0 Å². The van der Waals surface area contributed by atoms with E-state index in [9.17, 15) is 4.21 Å². The predicted octanol–water partition coefficient (Wildman–Crippen LogP) is 1.61. The summed E-state index contributed by atoms with van der Waals surface area (Å²) < 4.78 is 13.3. The Hall–Kier alpha value is -0.670. The Kier molecular flexibility index (Phi) is 3.00. The summed E-state index contributed by atoms with van der Waals surface area (Å²) in [5.74, 6) is 0. The Labute approximate surface area is 75.9 Å². The summed E-state index contributed by atoms with van der Waals surface area (Å²) in [5.41, 5.74) is 1.17. The molecule has 1 aliphatic rings. The molecule has 1 atom stereocenters. The van der Waals surface area contributed by atoms with Gasteiger partial charge in [-0.1, -0.05) is 18.7 Å². The average Bonchev–Trinajstić information content (AvgIpc) is 2.25. The molecule has 1 rings (SSSR count). The summed E-state index contributed by atoms with van der Waals surface area (Å²) in [6.07, 6.45) is 5.37. The lowest BCUT2D eigenvalue weighted by molar-refractivity contribution is 0.578. The molecule has 0 aromatic rings. The third kappa shape index (κ3) is 1.73. The van der Waals surface area contributed by atoms with E-state index in [2.05, 4.69) is 6.58 Å². The van der Waals surface area contributed by atoms with Crippen molar-refractivity contribution in [1.29, 1.82) is 0 Å². The molecule has 0 aromatic carbocycles. The fraction of sp³-hybridized carbons (Fsp3) is 0.333. The summed E-state index contributed by atoms with van der Waals surface area (Å²) >= 11 is 0. The molecule has 0 bridgehead atoms. The van der Waals surface area contributed by atoms with Crippen LogP contribution >= 0.6 is 0 Å². The third-order valence-electron chi connectivity index (χ3n) is 1.74. The molecule has 2 nitrogen and oxygen atoms in total. The van der Waals surface area contributed by atoms with Crippen molar-refractivity contribution in [2.45, 2.75) is 6.92 Å². The molecule has 0 aliphatic carbocycles. The van der Waals surface area contributed by atoms with E-state index in [1.165, 1.54) is 5.57 Å². The Morgan fingerprint density at radius 1 is 1.67 bits per heavy atom. The van der Waals surface area contributed by atoms with Crippen LogP contribution in [0.25, 0.3) is 0 Å². The molecule has 1 aliphatic heterocycles. The second-order valence-corrected chi connectivity index (χ2v) is 4.34. The first-order chi connectivity index (χ1) is 5.66. The van der Waals surface area contributed by atoms with Crippen molar-refractivity contribution in [2.75, 3.05) is 13.6 Å². The van der Waals surface area contributed by atoms with E-state index in [1.54, 1.807) is 6.08 Å². The number of hydrogen-bond donors (Lipinski definition) is 0. The normalized spacial score (nSPS) is 25.7. The number of rotatable bonds is 2. The van der Waals surface area contributed by atoms with Crippen LogP contribution in [-0.2, 0) is 11.0 Å². The van der Waals surface area contributed by atoms with Crippen LogP contribution in [0.5, 0.6) is 0 Å². The summed E-state index contributed by atoms with van der Waals surface area (Å²) in [5, 5.41) is 0. The number of allylic oxidation sites excluding steroid dienone is 3. The minimum absolute atomic E-state index is 0.795. The zero-order valence-electron chi connectivity index (χ0n) is 7.41. The van der Waals surface area contributed by atoms with Gasteiger partial charge in [0.25, 0.3) is 0 Å². The lowest BCUT2D eigenvalue weighted by Crippen LogP contribution is -2.15. The molecule has 0 radical (unpaired) electrons. The summed E-state index contributed by atoms with van der Waals surface area (Å²) in [4.78, 5) is 0.914. The maximum absolute atomic E-state index is 11.5. The molecular formula is C9H13NOS. The molecule has 0 N–H and O–H groups in total. The van der Waals surface area contributed by atoms with Crippen molar-refractivity contribution in [1.82, 2.24) is 4.31 Å². The fourth-order valence-corrected chi connectivity index (χ4v) is 2.35.